The van der Waals surface area contributed by atoms with Crippen LogP contribution in [0.25, 0.3) is 33.4 Å². The number of anilines is 1. The van der Waals surface area contributed by atoms with Crippen molar-refractivity contribution in [2.45, 2.75) is 19.4 Å². The van der Waals surface area contributed by atoms with Gasteiger partial charge in [-0.2, -0.15) is 0 Å². The van der Waals surface area contributed by atoms with E-state index in [0.717, 1.165) is 58.6 Å². The summed E-state index contributed by atoms with van der Waals surface area (Å²) >= 11 is 6.01. The molecule has 0 spiro atoms. The first-order valence-corrected chi connectivity index (χ1v) is 9.05. The van der Waals surface area contributed by atoms with Crippen LogP contribution in [0.1, 0.15) is 12.2 Å². The number of aromatic nitrogens is 4. The summed E-state index contributed by atoms with van der Waals surface area (Å²) in [4.78, 5) is 13.2. The quantitative estimate of drug-likeness (QED) is 0.557. The van der Waals surface area contributed by atoms with Crippen molar-refractivity contribution in [3.63, 3.8) is 0 Å². The second kappa shape index (κ2) is 6.03. The molecular weight excluding hydrogens is 365 g/mol. The number of fused-ring (bicyclic) bond motifs is 2. The van der Waals surface area contributed by atoms with E-state index in [2.05, 4.69) is 14.5 Å². The fourth-order valence-electron chi connectivity index (χ4n) is 3.69. The zero-order chi connectivity index (χ0) is 18.5. The monoisotopic (exact) mass is 379 g/mol. The highest BCUT2D eigenvalue weighted by Crippen LogP contribution is 2.38. The van der Waals surface area contributed by atoms with Crippen LogP contribution in [0.5, 0.6) is 0 Å². The second-order valence-corrected chi connectivity index (χ2v) is 7.01. The molecule has 4 aromatic rings. The van der Waals surface area contributed by atoms with E-state index < -0.39 is 5.82 Å². The van der Waals surface area contributed by atoms with E-state index in [0.29, 0.717) is 5.82 Å². The van der Waals surface area contributed by atoms with Gasteiger partial charge in [-0.25, -0.2) is 19.3 Å². The number of nitrogens with two attached hydrogens (primary N) is 1. The van der Waals surface area contributed by atoms with Crippen molar-refractivity contribution < 1.29 is 4.39 Å². The van der Waals surface area contributed by atoms with Gasteiger partial charge in [0.05, 0.1) is 21.9 Å². The molecule has 1 aliphatic heterocycles. The Kier molecular flexibility index (Phi) is 3.62. The zero-order valence-electron chi connectivity index (χ0n) is 14.3. The maximum absolute atomic E-state index is 13.6. The molecule has 134 valence electrons. The molecule has 3 heterocycles. The number of rotatable bonds is 2. The summed E-state index contributed by atoms with van der Waals surface area (Å²) in [7, 11) is 0. The fourth-order valence-corrected chi connectivity index (χ4v) is 3.87. The molecule has 0 fully saturated rings. The average molecular weight is 380 g/mol. The van der Waals surface area contributed by atoms with Crippen LogP contribution in [0.4, 0.5) is 10.2 Å². The van der Waals surface area contributed by atoms with Crippen molar-refractivity contribution in [2.24, 2.45) is 0 Å². The molecule has 5 nitrogen and oxygen atoms in total. The fraction of sp³-hybridized carbons (Fsp3) is 0.150. The van der Waals surface area contributed by atoms with Crippen LogP contribution < -0.4 is 5.73 Å². The summed E-state index contributed by atoms with van der Waals surface area (Å²) < 4.78 is 15.8. The molecule has 2 aromatic heterocycles. The summed E-state index contributed by atoms with van der Waals surface area (Å²) in [5.41, 5.74) is 10.4. The van der Waals surface area contributed by atoms with E-state index in [9.17, 15) is 4.39 Å². The zero-order valence-corrected chi connectivity index (χ0v) is 15.0. The average Bonchev–Trinajstić information content (AvgIpc) is 3.25. The number of nitrogen functional groups attached to an aromatic ring is 1. The standard InChI is InChI=1S/C20H15ClFN5/c21-14-9-11(3-5-15(14)22)18-19(27-7-1-2-17(27)26-18)12-4-6-16-13(8-12)20(23)25-10-24-16/h3-6,8-10H,1-2,7H2,(H2,23,24,25). The molecule has 1 aliphatic rings. The van der Waals surface area contributed by atoms with Crippen LogP contribution >= 0.6 is 11.6 Å². The van der Waals surface area contributed by atoms with E-state index >= 15 is 0 Å². The van der Waals surface area contributed by atoms with Gasteiger partial charge in [0.2, 0.25) is 0 Å². The van der Waals surface area contributed by atoms with Crippen molar-refractivity contribution in [1.29, 1.82) is 0 Å². The van der Waals surface area contributed by atoms with E-state index in [1.165, 1.54) is 12.4 Å². The van der Waals surface area contributed by atoms with Gasteiger partial charge in [0, 0.05) is 29.5 Å². The van der Waals surface area contributed by atoms with E-state index in [1.807, 2.05) is 18.2 Å². The van der Waals surface area contributed by atoms with Crippen LogP contribution in [-0.2, 0) is 13.0 Å². The highest BCUT2D eigenvalue weighted by atomic mass is 35.5. The molecule has 2 N–H and O–H groups in total. The first kappa shape index (κ1) is 16.2. The number of imidazole rings is 1. The van der Waals surface area contributed by atoms with E-state index in [-0.39, 0.29) is 5.02 Å². The third-order valence-electron chi connectivity index (χ3n) is 4.96. The van der Waals surface area contributed by atoms with Gasteiger partial charge in [-0.15, -0.1) is 0 Å². The van der Waals surface area contributed by atoms with Crippen LogP contribution in [0.2, 0.25) is 5.02 Å². The van der Waals surface area contributed by atoms with Crippen LogP contribution in [0.15, 0.2) is 42.7 Å². The van der Waals surface area contributed by atoms with Gasteiger partial charge >= 0.3 is 0 Å². The minimum Gasteiger partial charge on any atom is -0.383 e. The molecule has 27 heavy (non-hydrogen) atoms. The first-order valence-electron chi connectivity index (χ1n) is 8.67. The number of nitrogens with zero attached hydrogens (tertiary/aromatic N) is 4. The molecule has 7 heteroatoms. The van der Waals surface area contributed by atoms with Gasteiger partial charge in [-0.1, -0.05) is 17.7 Å². The summed E-state index contributed by atoms with van der Waals surface area (Å²) in [5, 5.41) is 0.884. The Balaban J connectivity index is 1.76. The highest BCUT2D eigenvalue weighted by Gasteiger charge is 2.24. The molecule has 0 bridgehead atoms. The lowest BCUT2D eigenvalue weighted by atomic mass is 10.0. The normalized spacial score (nSPS) is 13.3. The number of benzene rings is 2. The third-order valence-corrected chi connectivity index (χ3v) is 5.25. The van der Waals surface area contributed by atoms with E-state index in [1.54, 1.807) is 12.1 Å². The van der Waals surface area contributed by atoms with Gasteiger partial charge in [-0.3, -0.25) is 0 Å². The minimum absolute atomic E-state index is 0.0859. The Labute approximate surface area is 159 Å². The largest absolute Gasteiger partial charge is 0.383 e. The molecule has 0 radical (unpaired) electrons. The topological polar surface area (TPSA) is 69.6 Å². The third kappa shape index (κ3) is 2.56. The predicted octanol–water partition coefficient (Wildman–Crippen LogP) is 4.48. The lowest BCUT2D eigenvalue weighted by Crippen LogP contribution is -1.98. The molecule has 0 aliphatic carbocycles. The van der Waals surface area contributed by atoms with Crippen molar-refractivity contribution in [3.8, 4) is 22.5 Å². The van der Waals surface area contributed by atoms with Gasteiger partial charge in [0.15, 0.2) is 0 Å². The van der Waals surface area contributed by atoms with Gasteiger partial charge in [0.25, 0.3) is 0 Å². The molecule has 0 unspecified atom stereocenters. The lowest BCUT2D eigenvalue weighted by molar-refractivity contribution is 0.628. The van der Waals surface area contributed by atoms with Crippen molar-refractivity contribution >= 4 is 28.3 Å². The minimum atomic E-state index is -0.440. The lowest BCUT2D eigenvalue weighted by Gasteiger charge is -2.10. The van der Waals surface area contributed by atoms with Gasteiger partial charge < -0.3 is 10.3 Å². The summed E-state index contributed by atoms with van der Waals surface area (Å²) in [6.45, 7) is 0.894. The smallest absolute Gasteiger partial charge is 0.141 e. The molecule has 0 atom stereocenters. The molecule has 2 aromatic carbocycles. The Morgan fingerprint density at radius 2 is 1.93 bits per heavy atom. The van der Waals surface area contributed by atoms with Crippen molar-refractivity contribution in [3.05, 3.63) is 59.4 Å². The highest BCUT2D eigenvalue weighted by molar-refractivity contribution is 6.31. The first-order chi connectivity index (χ1) is 13.1. The molecule has 0 saturated heterocycles. The molecule has 0 amide bonds. The maximum Gasteiger partial charge on any atom is 0.141 e. The van der Waals surface area contributed by atoms with Gasteiger partial charge in [0.1, 0.15) is 23.8 Å². The molecular formula is C20H15ClFN5. The maximum atomic E-state index is 13.6. The Hall–Kier alpha value is -2.99. The summed E-state index contributed by atoms with van der Waals surface area (Å²) in [5.74, 6) is 1.02. The second-order valence-electron chi connectivity index (χ2n) is 6.60. The van der Waals surface area contributed by atoms with Crippen molar-refractivity contribution in [2.75, 3.05) is 5.73 Å². The summed E-state index contributed by atoms with van der Waals surface area (Å²) in [6, 6.07) is 10.6. The van der Waals surface area contributed by atoms with Crippen molar-refractivity contribution in [1.82, 2.24) is 19.5 Å². The Morgan fingerprint density at radius 1 is 1.07 bits per heavy atom. The van der Waals surface area contributed by atoms with Gasteiger partial charge in [-0.05, 0) is 36.8 Å². The molecule has 0 saturated carbocycles. The number of hydrogen-bond acceptors (Lipinski definition) is 4. The predicted molar refractivity (Wildman–Crippen MR) is 104 cm³/mol. The Morgan fingerprint density at radius 3 is 2.78 bits per heavy atom. The number of hydrogen-bond donors (Lipinski definition) is 1. The number of halogens is 2. The van der Waals surface area contributed by atoms with Crippen LogP contribution in [0, 0.1) is 5.82 Å². The Bertz CT molecular complexity index is 1200. The summed E-state index contributed by atoms with van der Waals surface area (Å²) in [6.07, 6.45) is 3.43. The van der Waals surface area contributed by atoms with Crippen LogP contribution in [-0.4, -0.2) is 19.5 Å². The number of aryl methyl sites for hydroxylation is 1. The van der Waals surface area contributed by atoms with Crippen LogP contribution in [0.3, 0.4) is 0 Å². The molecule has 5 rings (SSSR count). The SMILES string of the molecule is Nc1ncnc2ccc(-c3c(-c4ccc(F)c(Cl)c4)nc4n3CCC4)cc12. The van der Waals surface area contributed by atoms with E-state index in [4.69, 9.17) is 22.3 Å².